The van der Waals surface area contributed by atoms with E-state index in [2.05, 4.69) is 4.72 Å². The Bertz CT molecular complexity index is 466. The Morgan fingerprint density at radius 1 is 1.24 bits per heavy atom. The van der Waals surface area contributed by atoms with Gasteiger partial charge in [0.1, 0.15) is 0 Å². The van der Waals surface area contributed by atoms with Crippen LogP contribution >= 0.6 is 0 Å². The van der Waals surface area contributed by atoms with E-state index in [1.807, 2.05) is 39.0 Å². The van der Waals surface area contributed by atoms with E-state index in [1.165, 1.54) is 0 Å². The molecule has 17 heavy (non-hydrogen) atoms. The van der Waals surface area contributed by atoms with Crippen LogP contribution in [0.25, 0.3) is 0 Å². The van der Waals surface area contributed by atoms with Crippen molar-refractivity contribution >= 4 is 10.0 Å². The molecule has 0 aliphatic carbocycles. The van der Waals surface area contributed by atoms with E-state index in [1.54, 1.807) is 0 Å². The van der Waals surface area contributed by atoms with Crippen LogP contribution in [-0.2, 0) is 16.6 Å². The second-order valence-electron chi connectivity index (χ2n) is 4.42. The fraction of sp³-hybridized carbons (Fsp3) is 0.538. The summed E-state index contributed by atoms with van der Waals surface area (Å²) in [6, 6.07) is 6.08. The predicted molar refractivity (Wildman–Crippen MR) is 71.5 cm³/mol. The van der Waals surface area contributed by atoms with E-state index in [0.29, 0.717) is 13.0 Å². The molecule has 0 radical (unpaired) electrons. The van der Waals surface area contributed by atoms with Crippen molar-refractivity contribution < 1.29 is 8.42 Å². The predicted octanol–water partition coefficient (Wildman–Crippen LogP) is 2.52. The lowest BCUT2D eigenvalue weighted by atomic mass is 10.1. The number of sulfonamides is 1. The third kappa shape index (κ3) is 4.88. The molecule has 0 fully saturated rings. The van der Waals surface area contributed by atoms with Crippen molar-refractivity contribution in [3.8, 4) is 0 Å². The summed E-state index contributed by atoms with van der Waals surface area (Å²) in [6.07, 6.45) is 1.60. The number of rotatable bonds is 6. The molecule has 0 saturated heterocycles. The van der Waals surface area contributed by atoms with Crippen molar-refractivity contribution in [2.75, 3.05) is 5.75 Å². The number of hydrogen-bond acceptors (Lipinski definition) is 2. The number of benzene rings is 1. The molecule has 0 bridgehead atoms. The van der Waals surface area contributed by atoms with Crippen molar-refractivity contribution in [1.82, 2.24) is 4.72 Å². The molecular weight excluding hydrogens is 234 g/mol. The standard InChI is InChI=1S/C13H21NO2S/c1-4-5-8-17(15,16)14-10-13-9-11(2)6-7-12(13)3/h6-7,9,14H,4-5,8,10H2,1-3H3. The zero-order valence-electron chi connectivity index (χ0n) is 10.8. The van der Waals surface area contributed by atoms with Gasteiger partial charge < -0.3 is 0 Å². The van der Waals surface area contributed by atoms with Crippen molar-refractivity contribution in [3.63, 3.8) is 0 Å². The average Bonchev–Trinajstić information content (AvgIpc) is 2.28. The van der Waals surface area contributed by atoms with Crippen molar-refractivity contribution in [3.05, 3.63) is 34.9 Å². The smallest absolute Gasteiger partial charge is 0.211 e. The Morgan fingerprint density at radius 2 is 1.94 bits per heavy atom. The van der Waals surface area contributed by atoms with Gasteiger partial charge in [0.05, 0.1) is 5.75 Å². The second-order valence-corrected chi connectivity index (χ2v) is 6.35. The minimum Gasteiger partial charge on any atom is -0.212 e. The maximum absolute atomic E-state index is 11.6. The number of nitrogens with one attached hydrogen (secondary N) is 1. The van der Waals surface area contributed by atoms with E-state index in [4.69, 9.17) is 0 Å². The summed E-state index contributed by atoms with van der Waals surface area (Å²) in [6.45, 7) is 6.38. The molecule has 0 heterocycles. The lowest BCUT2D eigenvalue weighted by molar-refractivity contribution is 0.578. The first kappa shape index (κ1) is 14.2. The van der Waals surface area contributed by atoms with Crippen LogP contribution in [0.5, 0.6) is 0 Å². The van der Waals surface area contributed by atoms with Gasteiger partial charge >= 0.3 is 0 Å². The first-order chi connectivity index (χ1) is 7.94. The lowest BCUT2D eigenvalue weighted by Gasteiger charge is -2.09. The van der Waals surface area contributed by atoms with Crippen molar-refractivity contribution in [2.24, 2.45) is 0 Å². The summed E-state index contributed by atoms with van der Waals surface area (Å²) in [5, 5.41) is 0. The highest BCUT2D eigenvalue weighted by atomic mass is 32.2. The van der Waals surface area contributed by atoms with Crippen molar-refractivity contribution in [1.29, 1.82) is 0 Å². The SMILES string of the molecule is CCCCS(=O)(=O)NCc1cc(C)ccc1C. The van der Waals surface area contributed by atoms with Crippen LogP contribution in [-0.4, -0.2) is 14.2 Å². The third-order valence-electron chi connectivity index (χ3n) is 2.75. The van der Waals surface area contributed by atoms with E-state index in [9.17, 15) is 8.42 Å². The van der Waals surface area contributed by atoms with Crippen molar-refractivity contribution in [2.45, 2.75) is 40.2 Å². The second kappa shape index (κ2) is 6.17. The van der Waals surface area contributed by atoms with Gasteiger partial charge in [-0.3, -0.25) is 0 Å². The first-order valence-electron chi connectivity index (χ1n) is 5.98. The molecule has 0 aromatic heterocycles. The molecule has 4 heteroatoms. The molecule has 96 valence electrons. The summed E-state index contributed by atoms with van der Waals surface area (Å²) >= 11 is 0. The first-order valence-corrected chi connectivity index (χ1v) is 7.63. The number of unbranched alkanes of at least 4 members (excludes halogenated alkanes) is 1. The molecule has 0 aliphatic rings. The highest BCUT2D eigenvalue weighted by Gasteiger charge is 2.09. The van der Waals surface area contributed by atoms with Gasteiger partial charge in [0, 0.05) is 6.54 Å². The van der Waals surface area contributed by atoms with Crippen LogP contribution < -0.4 is 4.72 Å². The maximum atomic E-state index is 11.6. The van der Waals surface area contributed by atoms with Gasteiger partial charge in [0.2, 0.25) is 10.0 Å². The van der Waals surface area contributed by atoms with E-state index >= 15 is 0 Å². The molecule has 0 saturated carbocycles. The van der Waals surface area contributed by atoms with Gasteiger partial charge in [-0.15, -0.1) is 0 Å². The topological polar surface area (TPSA) is 46.2 Å². The number of aryl methyl sites for hydroxylation is 2. The van der Waals surface area contributed by atoms with Gasteiger partial charge in [0.15, 0.2) is 0 Å². The third-order valence-corrected chi connectivity index (χ3v) is 4.16. The molecule has 3 nitrogen and oxygen atoms in total. The quantitative estimate of drug-likeness (QED) is 0.849. The van der Waals surface area contributed by atoms with Gasteiger partial charge in [-0.05, 0) is 31.4 Å². The molecule has 0 aliphatic heterocycles. The monoisotopic (exact) mass is 255 g/mol. The Morgan fingerprint density at radius 3 is 2.59 bits per heavy atom. The van der Waals surface area contributed by atoms with Gasteiger partial charge in [-0.25, -0.2) is 13.1 Å². The summed E-state index contributed by atoms with van der Waals surface area (Å²) in [5.41, 5.74) is 3.32. The Balaban J connectivity index is 2.64. The molecule has 1 rings (SSSR count). The molecule has 1 aromatic rings. The van der Waals surface area contributed by atoms with Crippen LogP contribution in [0, 0.1) is 13.8 Å². The van der Waals surface area contributed by atoms with Crippen LogP contribution in [0.4, 0.5) is 0 Å². The molecule has 0 amide bonds. The Labute approximate surface area is 104 Å². The molecule has 0 atom stereocenters. The van der Waals surface area contributed by atoms with Crippen LogP contribution in [0.1, 0.15) is 36.5 Å². The minimum absolute atomic E-state index is 0.217. The summed E-state index contributed by atoms with van der Waals surface area (Å²) in [7, 11) is -3.12. The summed E-state index contributed by atoms with van der Waals surface area (Å²) < 4.78 is 25.9. The van der Waals surface area contributed by atoms with Gasteiger partial charge in [-0.1, -0.05) is 37.1 Å². The lowest BCUT2D eigenvalue weighted by Crippen LogP contribution is -2.26. The normalized spacial score (nSPS) is 11.7. The van der Waals surface area contributed by atoms with Crippen LogP contribution in [0.3, 0.4) is 0 Å². The van der Waals surface area contributed by atoms with Gasteiger partial charge in [0.25, 0.3) is 0 Å². The fourth-order valence-electron chi connectivity index (χ4n) is 1.58. The Hall–Kier alpha value is -0.870. The number of hydrogen-bond donors (Lipinski definition) is 1. The van der Waals surface area contributed by atoms with E-state index in [0.717, 1.165) is 23.1 Å². The zero-order chi connectivity index (χ0) is 12.9. The largest absolute Gasteiger partial charge is 0.212 e. The molecule has 1 aromatic carbocycles. The fourth-order valence-corrected chi connectivity index (χ4v) is 2.77. The highest BCUT2D eigenvalue weighted by molar-refractivity contribution is 7.89. The average molecular weight is 255 g/mol. The maximum Gasteiger partial charge on any atom is 0.211 e. The zero-order valence-corrected chi connectivity index (χ0v) is 11.6. The minimum atomic E-state index is -3.12. The highest BCUT2D eigenvalue weighted by Crippen LogP contribution is 2.10. The molecular formula is C13H21NO2S. The summed E-state index contributed by atoms with van der Waals surface area (Å²) in [5.74, 6) is 0.217. The van der Waals surface area contributed by atoms with Crippen LogP contribution in [0.2, 0.25) is 0 Å². The van der Waals surface area contributed by atoms with Crippen LogP contribution in [0.15, 0.2) is 18.2 Å². The van der Waals surface area contributed by atoms with E-state index < -0.39 is 10.0 Å². The Kier molecular flexibility index (Phi) is 5.15. The van der Waals surface area contributed by atoms with E-state index in [-0.39, 0.29) is 5.75 Å². The van der Waals surface area contributed by atoms with Gasteiger partial charge in [-0.2, -0.15) is 0 Å². The molecule has 0 unspecified atom stereocenters. The summed E-state index contributed by atoms with van der Waals surface area (Å²) in [4.78, 5) is 0. The molecule has 0 spiro atoms. The molecule has 1 N–H and O–H groups in total.